The summed E-state index contributed by atoms with van der Waals surface area (Å²) in [6.45, 7) is 3.73. The Morgan fingerprint density at radius 2 is 2.24 bits per heavy atom. The maximum Gasteiger partial charge on any atom is 0.231 e. The van der Waals surface area contributed by atoms with E-state index in [1.165, 1.54) is 0 Å². The van der Waals surface area contributed by atoms with Crippen molar-refractivity contribution in [2.75, 3.05) is 13.1 Å². The molecule has 5 nitrogen and oxygen atoms in total. The highest BCUT2D eigenvalue weighted by atomic mass is 35.5. The molecule has 6 heteroatoms. The number of hydrogen-bond acceptors (Lipinski definition) is 4. The van der Waals surface area contributed by atoms with Crippen LogP contribution in [-0.4, -0.2) is 34.1 Å². The number of aromatic nitrogens is 2. The third-order valence-corrected chi connectivity index (χ3v) is 2.48. The minimum atomic E-state index is -0.331. The van der Waals surface area contributed by atoms with Gasteiger partial charge >= 0.3 is 0 Å². The van der Waals surface area contributed by atoms with Crippen LogP contribution in [0.1, 0.15) is 25.5 Å². The number of amides is 1. The molecule has 0 bridgehead atoms. The monoisotopic (exact) mass is 256 g/mol. The third kappa shape index (κ3) is 5.60. The van der Waals surface area contributed by atoms with Crippen molar-refractivity contribution in [2.24, 2.45) is 5.73 Å². The van der Waals surface area contributed by atoms with E-state index in [9.17, 15) is 4.79 Å². The van der Waals surface area contributed by atoms with Crippen LogP contribution in [0, 0.1) is 0 Å². The van der Waals surface area contributed by atoms with Crippen LogP contribution in [0.15, 0.2) is 12.1 Å². The summed E-state index contributed by atoms with van der Waals surface area (Å²) in [6, 6.07) is 3.49. The summed E-state index contributed by atoms with van der Waals surface area (Å²) in [7, 11) is 0. The molecule has 1 amide bonds. The van der Waals surface area contributed by atoms with Crippen molar-refractivity contribution in [2.45, 2.75) is 26.3 Å². The molecular formula is C11H17ClN4O. The van der Waals surface area contributed by atoms with Gasteiger partial charge in [-0.05, 0) is 25.1 Å². The van der Waals surface area contributed by atoms with Gasteiger partial charge in [0, 0.05) is 6.54 Å². The molecule has 0 radical (unpaired) electrons. The highest BCUT2D eigenvalue weighted by Gasteiger charge is 2.09. The average Bonchev–Trinajstić information content (AvgIpc) is 2.28. The molecule has 0 aliphatic carbocycles. The molecule has 1 heterocycles. The van der Waals surface area contributed by atoms with Crippen molar-refractivity contribution in [1.82, 2.24) is 15.1 Å². The van der Waals surface area contributed by atoms with Gasteiger partial charge in [-0.3, -0.25) is 9.69 Å². The van der Waals surface area contributed by atoms with E-state index in [1.54, 1.807) is 12.1 Å². The quantitative estimate of drug-likeness (QED) is 0.796. The Kier molecular flexibility index (Phi) is 5.86. The molecule has 17 heavy (non-hydrogen) atoms. The Hall–Kier alpha value is -1.20. The van der Waals surface area contributed by atoms with E-state index >= 15 is 0 Å². The lowest BCUT2D eigenvalue weighted by molar-refractivity contribution is -0.119. The van der Waals surface area contributed by atoms with E-state index < -0.39 is 0 Å². The van der Waals surface area contributed by atoms with Gasteiger partial charge < -0.3 is 5.73 Å². The second-order valence-corrected chi connectivity index (χ2v) is 4.27. The van der Waals surface area contributed by atoms with Gasteiger partial charge in [0.2, 0.25) is 5.91 Å². The molecule has 1 aromatic heterocycles. The van der Waals surface area contributed by atoms with Crippen LogP contribution in [0.2, 0.25) is 5.15 Å². The zero-order valence-electron chi connectivity index (χ0n) is 9.90. The number of hydrogen-bond donors (Lipinski definition) is 1. The first kappa shape index (κ1) is 13.9. The topological polar surface area (TPSA) is 72.1 Å². The number of carbonyl (C=O) groups is 1. The van der Waals surface area contributed by atoms with Crippen LogP contribution in [0.3, 0.4) is 0 Å². The number of halogens is 1. The molecule has 0 atom stereocenters. The second kappa shape index (κ2) is 7.19. The normalized spacial score (nSPS) is 10.8. The van der Waals surface area contributed by atoms with Gasteiger partial charge in [-0.2, -0.15) is 5.10 Å². The van der Waals surface area contributed by atoms with Gasteiger partial charge in [0.1, 0.15) is 0 Å². The molecule has 0 aliphatic rings. The fourth-order valence-corrected chi connectivity index (χ4v) is 1.57. The Morgan fingerprint density at radius 3 is 2.76 bits per heavy atom. The molecule has 0 fully saturated rings. The number of nitrogens with two attached hydrogens (primary N) is 1. The second-order valence-electron chi connectivity index (χ2n) is 3.88. The standard InChI is InChI=1S/C11H17ClN4O/c1-2-3-6-16(8-11(13)17)7-9-4-5-10(12)15-14-9/h4-5H,2-3,6-8H2,1H3,(H2,13,17). The predicted molar refractivity (Wildman–Crippen MR) is 66.4 cm³/mol. The van der Waals surface area contributed by atoms with Crippen molar-refractivity contribution in [3.63, 3.8) is 0 Å². The zero-order valence-corrected chi connectivity index (χ0v) is 10.7. The SMILES string of the molecule is CCCCN(CC(N)=O)Cc1ccc(Cl)nn1. The van der Waals surface area contributed by atoms with Gasteiger partial charge in [0.25, 0.3) is 0 Å². The van der Waals surface area contributed by atoms with Crippen molar-refractivity contribution < 1.29 is 4.79 Å². The van der Waals surface area contributed by atoms with Gasteiger partial charge in [-0.1, -0.05) is 24.9 Å². The maximum absolute atomic E-state index is 10.9. The Morgan fingerprint density at radius 1 is 1.47 bits per heavy atom. The number of carbonyl (C=O) groups excluding carboxylic acids is 1. The predicted octanol–water partition coefficient (Wildman–Crippen LogP) is 1.22. The highest BCUT2D eigenvalue weighted by molar-refractivity contribution is 6.29. The van der Waals surface area contributed by atoms with E-state index in [0.29, 0.717) is 11.7 Å². The molecule has 0 aliphatic heterocycles. The van der Waals surface area contributed by atoms with Crippen LogP contribution >= 0.6 is 11.6 Å². The summed E-state index contributed by atoms with van der Waals surface area (Å²) in [5.74, 6) is -0.331. The van der Waals surface area contributed by atoms with Gasteiger partial charge in [0.05, 0.1) is 12.2 Å². The zero-order chi connectivity index (χ0) is 12.7. The maximum atomic E-state index is 10.9. The summed E-state index contributed by atoms with van der Waals surface area (Å²) in [5, 5.41) is 8.09. The molecule has 0 aromatic carbocycles. The fourth-order valence-electron chi connectivity index (χ4n) is 1.47. The smallest absolute Gasteiger partial charge is 0.231 e. The first-order valence-corrected chi connectivity index (χ1v) is 5.98. The van der Waals surface area contributed by atoms with Crippen LogP contribution in [0.25, 0.3) is 0 Å². The average molecular weight is 257 g/mol. The van der Waals surface area contributed by atoms with E-state index in [4.69, 9.17) is 17.3 Å². The largest absolute Gasteiger partial charge is 0.369 e. The van der Waals surface area contributed by atoms with Crippen molar-refractivity contribution in [3.05, 3.63) is 23.0 Å². The highest BCUT2D eigenvalue weighted by Crippen LogP contribution is 2.06. The van der Waals surface area contributed by atoms with Crippen LogP contribution in [-0.2, 0) is 11.3 Å². The minimum Gasteiger partial charge on any atom is -0.369 e. The lowest BCUT2D eigenvalue weighted by Gasteiger charge is -2.19. The van der Waals surface area contributed by atoms with Gasteiger partial charge in [-0.25, -0.2) is 0 Å². The van der Waals surface area contributed by atoms with Crippen molar-refractivity contribution in [3.8, 4) is 0 Å². The first-order chi connectivity index (χ1) is 8.11. The molecule has 0 unspecified atom stereocenters. The summed E-state index contributed by atoms with van der Waals surface area (Å²) in [5.41, 5.74) is 5.99. The lowest BCUT2D eigenvalue weighted by Crippen LogP contribution is -2.34. The summed E-state index contributed by atoms with van der Waals surface area (Å²) < 4.78 is 0. The molecule has 94 valence electrons. The number of nitrogens with zero attached hydrogens (tertiary/aromatic N) is 3. The van der Waals surface area contributed by atoms with Gasteiger partial charge in [0.15, 0.2) is 5.15 Å². The van der Waals surface area contributed by atoms with E-state index in [1.807, 2.05) is 4.90 Å². The summed E-state index contributed by atoms with van der Waals surface area (Å²) >= 11 is 5.65. The fraction of sp³-hybridized carbons (Fsp3) is 0.545. The van der Waals surface area contributed by atoms with E-state index in [0.717, 1.165) is 25.1 Å². The molecule has 0 saturated heterocycles. The lowest BCUT2D eigenvalue weighted by atomic mass is 10.3. The van der Waals surface area contributed by atoms with E-state index in [-0.39, 0.29) is 12.5 Å². The van der Waals surface area contributed by atoms with Crippen LogP contribution in [0.5, 0.6) is 0 Å². The summed E-state index contributed by atoms with van der Waals surface area (Å²) in [6.07, 6.45) is 2.09. The Labute approximate surface area is 106 Å². The van der Waals surface area contributed by atoms with Crippen LogP contribution in [0.4, 0.5) is 0 Å². The molecule has 0 spiro atoms. The third-order valence-electron chi connectivity index (χ3n) is 2.28. The Bertz CT molecular complexity index is 355. The number of primary amides is 1. The molecule has 0 saturated carbocycles. The summed E-state index contributed by atoms with van der Waals surface area (Å²) in [4.78, 5) is 12.9. The van der Waals surface area contributed by atoms with E-state index in [2.05, 4.69) is 17.1 Å². The molecular weight excluding hydrogens is 240 g/mol. The number of rotatable bonds is 7. The molecule has 2 N–H and O–H groups in total. The minimum absolute atomic E-state index is 0.240. The van der Waals surface area contributed by atoms with Crippen molar-refractivity contribution >= 4 is 17.5 Å². The van der Waals surface area contributed by atoms with Gasteiger partial charge in [-0.15, -0.1) is 5.10 Å². The van der Waals surface area contributed by atoms with Crippen molar-refractivity contribution in [1.29, 1.82) is 0 Å². The Balaban J connectivity index is 2.57. The number of unbranched alkanes of at least 4 members (excludes halogenated alkanes) is 1. The molecule has 1 rings (SSSR count). The first-order valence-electron chi connectivity index (χ1n) is 5.60. The molecule has 1 aromatic rings. The van der Waals surface area contributed by atoms with Crippen LogP contribution < -0.4 is 5.73 Å².